The zero-order valence-corrected chi connectivity index (χ0v) is 20.6. The molecule has 0 aliphatic carbocycles. The average Bonchev–Trinajstić information content (AvgIpc) is 2.87. The predicted molar refractivity (Wildman–Crippen MR) is 150 cm³/mol. The van der Waals surface area contributed by atoms with E-state index in [9.17, 15) is 0 Å². The molecule has 0 bridgehead atoms. The number of aryl methyl sites for hydroxylation is 2. The Hall–Kier alpha value is -3.38. The summed E-state index contributed by atoms with van der Waals surface area (Å²) in [6.07, 6.45) is 12.3. The first-order chi connectivity index (χ1) is 16.7. The third-order valence-corrected chi connectivity index (χ3v) is 6.84. The summed E-state index contributed by atoms with van der Waals surface area (Å²) in [5.74, 6) is 0.580. The number of hydrogen-bond donors (Lipinski definition) is 0. The van der Waals surface area contributed by atoms with E-state index in [1.165, 1.54) is 63.4 Å². The monoisotopic (exact) mass is 444 g/mol. The standard InChI is InChI=1S/C34H36/c1-4-14-28(29-17-8-6-9-18-29)19-13-12-16-27-22-23-33-31(25-27)24-26(3)32(15-5-2)34(33)30-20-10-7-11-21-30/h4-11,15,17-18,20-25,28H,1,12-14,16,19H2,2-3H3/b15-5-. The number of benzene rings is 4. The van der Waals surface area contributed by atoms with Gasteiger partial charge >= 0.3 is 0 Å². The highest BCUT2D eigenvalue weighted by Crippen LogP contribution is 2.36. The van der Waals surface area contributed by atoms with Gasteiger partial charge in [0, 0.05) is 0 Å². The summed E-state index contributed by atoms with van der Waals surface area (Å²) in [6, 6.07) is 31.1. The fourth-order valence-electron chi connectivity index (χ4n) is 5.13. The Morgan fingerprint density at radius 1 is 0.853 bits per heavy atom. The molecule has 34 heavy (non-hydrogen) atoms. The molecule has 0 fully saturated rings. The summed E-state index contributed by atoms with van der Waals surface area (Å²) in [5, 5.41) is 2.68. The number of rotatable bonds is 10. The first-order valence-corrected chi connectivity index (χ1v) is 12.6. The molecule has 4 aromatic rings. The average molecular weight is 445 g/mol. The molecular formula is C34H36. The number of hydrogen-bond acceptors (Lipinski definition) is 0. The van der Waals surface area contributed by atoms with Crippen LogP contribution < -0.4 is 0 Å². The predicted octanol–water partition coefficient (Wildman–Crippen LogP) is 9.92. The van der Waals surface area contributed by atoms with Gasteiger partial charge in [-0.3, -0.25) is 0 Å². The van der Waals surface area contributed by atoms with Crippen LogP contribution in [0.2, 0.25) is 0 Å². The van der Waals surface area contributed by atoms with Gasteiger partial charge < -0.3 is 0 Å². The van der Waals surface area contributed by atoms with Crippen LogP contribution in [-0.2, 0) is 6.42 Å². The fourth-order valence-corrected chi connectivity index (χ4v) is 5.13. The zero-order valence-electron chi connectivity index (χ0n) is 20.6. The highest BCUT2D eigenvalue weighted by Gasteiger charge is 2.13. The van der Waals surface area contributed by atoms with Gasteiger partial charge in [-0.15, -0.1) is 6.58 Å². The SMILES string of the molecule is C=CCC(CCCCc1ccc2c(-c3ccccc3)c(/C=C\C)c(C)cc2c1)c1ccccc1. The molecule has 0 aromatic heterocycles. The van der Waals surface area contributed by atoms with E-state index in [4.69, 9.17) is 0 Å². The van der Waals surface area contributed by atoms with Crippen molar-refractivity contribution >= 4 is 16.8 Å². The Balaban J connectivity index is 1.52. The number of fused-ring (bicyclic) bond motifs is 1. The van der Waals surface area contributed by atoms with Gasteiger partial charge in [-0.05, 0) is 89.6 Å². The zero-order chi connectivity index (χ0) is 23.8. The minimum atomic E-state index is 0.580. The molecule has 0 aliphatic heterocycles. The van der Waals surface area contributed by atoms with Gasteiger partial charge in [-0.2, -0.15) is 0 Å². The second kappa shape index (κ2) is 11.7. The van der Waals surface area contributed by atoms with Crippen LogP contribution in [0.25, 0.3) is 28.0 Å². The van der Waals surface area contributed by atoms with E-state index in [-0.39, 0.29) is 0 Å². The Kier molecular flexibility index (Phi) is 8.15. The summed E-state index contributed by atoms with van der Waals surface area (Å²) >= 11 is 0. The topological polar surface area (TPSA) is 0 Å². The van der Waals surface area contributed by atoms with Crippen LogP contribution >= 0.6 is 0 Å². The molecule has 1 unspecified atom stereocenters. The first kappa shape index (κ1) is 23.8. The summed E-state index contributed by atoms with van der Waals surface area (Å²) in [7, 11) is 0. The molecule has 4 aromatic carbocycles. The van der Waals surface area contributed by atoms with Crippen molar-refractivity contribution in [1.29, 1.82) is 0 Å². The van der Waals surface area contributed by atoms with Gasteiger partial charge in [0.2, 0.25) is 0 Å². The molecule has 0 N–H and O–H groups in total. The van der Waals surface area contributed by atoms with Crippen molar-refractivity contribution in [2.75, 3.05) is 0 Å². The molecular weight excluding hydrogens is 408 g/mol. The van der Waals surface area contributed by atoms with E-state index in [0.717, 1.165) is 12.8 Å². The van der Waals surface area contributed by atoms with Crippen molar-refractivity contribution in [3.63, 3.8) is 0 Å². The maximum atomic E-state index is 3.98. The van der Waals surface area contributed by atoms with Gasteiger partial charge in [0.25, 0.3) is 0 Å². The van der Waals surface area contributed by atoms with Crippen LogP contribution in [0.3, 0.4) is 0 Å². The van der Waals surface area contributed by atoms with Gasteiger partial charge in [0.05, 0.1) is 0 Å². The highest BCUT2D eigenvalue weighted by atomic mass is 14.2. The molecule has 1 atom stereocenters. The van der Waals surface area contributed by atoms with Crippen molar-refractivity contribution in [3.05, 3.63) is 126 Å². The molecule has 0 radical (unpaired) electrons. The van der Waals surface area contributed by atoms with Crippen LogP contribution in [-0.4, -0.2) is 0 Å². The quantitative estimate of drug-likeness (QED) is 0.169. The molecule has 0 spiro atoms. The lowest BCUT2D eigenvalue weighted by molar-refractivity contribution is 0.575. The van der Waals surface area contributed by atoms with E-state index in [2.05, 4.69) is 124 Å². The van der Waals surface area contributed by atoms with E-state index in [1.807, 2.05) is 0 Å². The highest BCUT2D eigenvalue weighted by molar-refractivity contribution is 6.02. The molecule has 0 amide bonds. The number of allylic oxidation sites excluding steroid dienone is 2. The lowest BCUT2D eigenvalue weighted by atomic mass is 9.88. The van der Waals surface area contributed by atoms with Crippen molar-refractivity contribution in [2.24, 2.45) is 0 Å². The largest absolute Gasteiger partial charge is 0.103 e. The summed E-state index contributed by atoms with van der Waals surface area (Å²) < 4.78 is 0. The van der Waals surface area contributed by atoms with Crippen LogP contribution in [0.15, 0.2) is 104 Å². The third-order valence-electron chi connectivity index (χ3n) is 6.84. The van der Waals surface area contributed by atoms with Crippen molar-refractivity contribution in [3.8, 4) is 11.1 Å². The third kappa shape index (κ3) is 5.57. The molecule has 0 heteroatoms. The second-order valence-electron chi connectivity index (χ2n) is 9.28. The Labute approximate surface area is 205 Å². The van der Waals surface area contributed by atoms with Crippen LogP contribution in [0, 0.1) is 6.92 Å². The Morgan fingerprint density at radius 3 is 2.29 bits per heavy atom. The van der Waals surface area contributed by atoms with Gasteiger partial charge in [-0.25, -0.2) is 0 Å². The summed E-state index contributed by atoms with van der Waals surface area (Å²) in [4.78, 5) is 0. The van der Waals surface area contributed by atoms with Gasteiger partial charge in [0.15, 0.2) is 0 Å². The van der Waals surface area contributed by atoms with Crippen LogP contribution in [0.4, 0.5) is 0 Å². The van der Waals surface area contributed by atoms with E-state index < -0.39 is 0 Å². The fraction of sp³-hybridized carbons (Fsp3) is 0.235. The van der Waals surface area contributed by atoms with Crippen LogP contribution in [0.5, 0.6) is 0 Å². The van der Waals surface area contributed by atoms with Gasteiger partial charge in [-0.1, -0.05) is 110 Å². The minimum absolute atomic E-state index is 0.580. The second-order valence-corrected chi connectivity index (χ2v) is 9.28. The lowest BCUT2D eigenvalue weighted by Crippen LogP contribution is -1.98. The molecule has 0 saturated carbocycles. The first-order valence-electron chi connectivity index (χ1n) is 12.6. The summed E-state index contributed by atoms with van der Waals surface area (Å²) in [6.45, 7) is 8.31. The van der Waals surface area contributed by atoms with Gasteiger partial charge in [0.1, 0.15) is 0 Å². The molecule has 0 saturated heterocycles. The van der Waals surface area contributed by atoms with Crippen molar-refractivity contribution < 1.29 is 0 Å². The van der Waals surface area contributed by atoms with E-state index >= 15 is 0 Å². The van der Waals surface area contributed by atoms with Crippen molar-refractivity contribution in [1.82, 2.24) is 0 Å². The lowest BCUT2D eigenvalue weighted by Gasteiger charge is -2.16. The minimum Gasteiger partial charge on any atom is -0.103 e. The molecule has 0 nitrogen and oxygen atoms in total. The summed E-state index contributed by atoms with van der Waals surface area (Å²) in [5.41, 5.74) is 8.15. The van der Waals surface area contributed by atoms with E-state index in [0.29, 0.717) is 5.92 Å². The Morgan fingerprint density at radius 2 is 1.59 bits per heavy atom. The van der Waals surface area contributed by atoms with Crippen molar-refractivity contribution in [2.45, 2.75) is 51.9 Å². The van der Waals surface area contributed by atoms with Crippen LogP contribution in [0.1, 0.15) is 60.8 Å². The smallest absolute Gasteiger partial charge is 0.00303 e. The molecule has 0 aliphatic rings. The number of unbranched alkanes of at least 4 members (excludes halogenated alkanes) is 1. The Bertz CT molecular complexity index is 1250. The normalized spacial score (nSPS) is 12.3. The molecule has 0 heterocycles. The van der Waals surface area contributed by atoms with E-state index in [1.54, 1.807) is 0 Å². The maximum absolute atomic E-state index is 3.98. The maximum Gasteiger partial charge on any atom is -0.00303 e. The molecule has 172 valence electrons. The molecule has 4 rings (SSSR count).